The number of nitrogen functional groups attached to an aromatic ring is 1. The highest BCUT2D eigenvalue weighted by molar-refractivity contribution is 5.77. The van der Waals surface area contributed by atoms with Gasteiger partial charge in [-0.3, -0.25) is 0 Å². The first-order chi connectivity index (χ1) is 14.5. The van der Waals surface area contributed by atoms with E-state index in [-0.39, 0.29) is 17.7 Å². The molecule has 2 aromatic carbocycles. The fraction of sp³-hybridized carbons (Fsp3) is 0.316. The average molecular weight is 473 g/mol. The van der Waals surface area contributed by atoms with Crippen molar-refractivity contribution >= 4 is 16.7 Å². The van der Waals surface area contributed by atoms with Gasteiger partial charge >= 0.3 is 24.2 Å². The van der Waals surface area contributed by atoms with Gasteiger partial charge in [-0.25, -0.2) is 9.37 Å². The highest BCUT2D eigenvalue weighted by Crippen LogP contribution is 2.53. The molecule has 0 saturated carbocycles. The third kappa shape index (κ3) is 3.84. The molecule has 0 atom stereocenters. The van der Waals surface area contributed by atoms with Gasteiger partial charge in [0.25, 0.3) is 0 Å². The van der Waals surface area contributed by atoms with Crippen molar-refractivity contribution in [2.45, 2.75) is 37.7 Å². The molecule has 3 aromatic rings. The number of aryl methyl sites for hydroxylation is 1. The fourth-order valence-electron chi connectivity index (χ4n) is 3.22. The maximum Gasteiger partial charge on any atom is 0.449 e. The Bertz CT molecular complexity index is 1140. The second-order valence-electron chi connectivity index (χ2n) is 7.07. The van der Waals surface area contributed by atoms with Crippen LogP contribution >= 0.6 is 0 Å². The van der Waals surface area contributed by atoms with Crippen LogP contribution in [0.4, 0.5) is 49.6 Å². The lowest BCUT2D eigenvalue weighted by Gasteiger charge is -2.30. The molecule has 0 unspecified atom stereocenters. The summed E-state index contributed by atoms with van der Waals surface area (Å²) in [6.07, 6.45) is -17.9. The summed E-state index contributed by atoms with van der Waals surface area (Å²) in [5.41, 5.74) is -2.34. The number of nitrogens with zero attached hydrogens (tertiary/aromatic N) is 2. The van der Waals surface area contributed by atoms with Gasteiger partial charge in [-0.2, -0.15) is 39.5 Å². The summed E-state index contributed by atoms with van der Waals surface area (Å²) < 4.78 is 134. The van der Waals surface area contributed by atoms with Crippen molar-refractivity contribution < 1.29 is 43.9 Å². The van der Waals surface area contributed by atoms with E-state index in [1.165, 1.54) is 18.2 Å². The summed E-state index contributed by atoms with van der Waals surface area (Å²) in [5, 5.41) is 0. The molecule has 0 bridgehead atoms. The second kappa shape index (κ2) is 7.27. The molecule has 0 radical (unpaired) electrons. The van der Waals surface area contributed by atoms with Gasteiger partial charge in [0.15, 0.2) is 0 Å². The van der Waals surface area contributed by atoms with Crippen LogP contribution in [0.25, 0.3) is 11.0 Å². The van der Waals surface area contributed by atoms with E-state index in [1.807, 2.05) is 0 Å². The number of fused-ring (bicyclic) bond motifs is 1. The van der Waals surface area contributed by atoms with Crippen LogP contribution in [-0.2, 0) is 18.4 Å². The zero-order chi connectivity index (χ0) is 24.3. The number of benzene rings is 2. The van der Waals surface area contributed by atoms with Gasteiger partial charge in [-0.15, -0.1) is 0 Å². The first-order valence-corrected chi connectivity index (χ1v) is 8.72. The molecule has 32 heavy (non-hydrogen) atoms. The number of imidazole rings is 1. The number of halogens is 10. The summed E-state index contributed by atoms with van der Waals surface area (Å²) in [6, 6.07) is 4.80. The summed E-state index contributed by atoms with van der Waals surface area (Å²) in [5.74, 6) is -1.57. The molecule has 0 spiro atoms. The fourth-order valence-corrected chi connectivity index (χ4v) is 3.22. The van der Waals surface area contributed by atoms with Crippen LogP contribution in [0.2, 0.25) is 0 Å². The minimum absolute atomic E-state index is 0.0860. The minimum atomic E-state index is -6.41. The molecule has 2 N–H and O–H groups in total. The third-order valence-electron chi connectivity index (χ3n) is 4.86. The maximum absolute atomic E-state index is 14.4. The number of hydrogen-bond acceptors (Lipinski definition) is 2. The molecule has 174 valence electrons. The van der Waals surface area contributed by atoms with Crippen LogP contribution in [0, 0.1) is 6.92 Å². The number of rotatable bonds is 3. The molecule has 0 aliphatic heterocycles. The summed E-state index contributed by atoms with van der Waals surface area (Å²) >= 11 is 0. The summed E-state index contributed by atoms with van der Waals surface area (Å²) in [4.78, 5) is 3.30. The maximum atomic E-state index is 14.4. The van der Waals surface area contributed by atoms with E-state index in [0.29, 0.717) is 21.9 Å². The van der Waals surface area contributed by atoms with Crippen molar-refractivity contribution in [2.24, 2.45) is 0 Å². The Labute approximate surface area is 173 Å². The summed E-state index contributed by atoms with van der Waals surface area (Å²) in [7, 11) is 0. The van der Waals surface area contributed by atoms with Crippen molar-refractivity contribution in [2.75, 3.05) is 5.73 Å². The first-order valence-electron chi connectivity index (χ1n) is 8.72. The highest BCUT2D eigenvalue weighted by atomic mass is 19.4. The molecule has 3 nitrogen and oxygen atoms in total. The molecular formula is C19H13F10N3. The number of anilines is 1. The highest BCUT2D eigenvalue weighted by Gasteiger charge is 2.73. The Morgan fingerprint density at radius 1 is 0.844 bits per heavy atom. The van der Waals surface area contributed by atoms with Crippen LogP contribution in [0.1, 0.15) is 22.5 Å². The minimum Gasteiger partial charge on any atom is -0.399 e. The van der Waals surface area contributed by atoms with Crippen LogP contribution in [0.3, 0.4) is 0 Å². The average Bonchev–Trinajstić information content (AvgIpc) is 3.00. The Balaban J connectivity index is 2.28. The Hall–Kier alpha value is -2.99. The molecule has 0 saturated heterocycles. The van der Waals surface area contributed by atoms with Gasteiger partial charge in [0.05, 0.1) is 11.0 Å². The smallest absolute Gasteiger partial charge is 0.399 e. The van der Waals surface area contributed by atoms with Gasteiger partial charge in [0.2, 0.25) is 5.82 Å². The van der Waals surface area contributed by atoms with E-state index in [4.69, 9.17) is 5.73 Å². The SMILES string of the molecule is Cc1cc(Cn2c(C(F)(F)F)nc3ccc(C(F)(C(F)(F)F)C(F)(F)F)cc32)ccc1N. The molecule has 1 heterocycles. The lowest BCUT2D eigenvalue weighted by atomic mass is 9.94. The van der Waals surface area contributed by atoms with E-state index < -0.39 is 53.2 Å². The lowest BCUT2D eigenvalue weighted by molar-refractivity contribution is -0.348. The van der Waals surface area contributed by atoms with Crippen LogP contribution in [0.5, 0.6) is 0 Å². The number of nitrogens with two attached hydrogens (primary N) is 1. The van der Waals surface area contributed by atoms with Crippen LogP contribution < -0.4 is 5.73 Å². The summed E-state index contributed by atoms with van der Waals surface area (Å²) in [6.45, 7) is 0.935. The molecule has 0 amide bonds. The Morgan fingerprint density at radius 2 is 1.44 bits per heavy atom. The molecular weight excluding hydrogens is 460 g/mol. The van der Waals surface area contributed by atoms with Gasteiger partial charge in [-0.1, -0.05) is 18.2 Å². The van der Waals surface area contributed by atoms with Gasteiger partial charge in [0.1, 0.15) is 0 Å². The van der Waals surface area contributed by atoms with E-state index in [9.17, 15) is 43.9 Å². The van der Waals surface area contributed by atoms with Crippen molar-refractivity contribution in [3.05, 3.63) is 58.9 Å². The number of hydrogen-bond donors (Lipinski definition) is 1. The van der Waals surface area contributed by atoms with Crippen LogP contribution in [0.15, 0.2) is 36.4 Å². The molecule has 0 aliphatic carbocycles. The predicted octanol–water partition coefficient (Wildman–Crippen LogP) is 6.28. The Kier molecular flexibility index (Phi) is 5.38. The Morgan fingerprint density at radius 3 is 1.94 bits per heavy atom. The lowest BCUT2D eigenvalue weighted by Crippen LogP contribution is -2.50. The molecule has 13 heteroatoms. The molecule has 1 aromatic heterocycles. The first kappa shape index (κ1) is 23.7. The third-order valence-corrected chi connectivity index (χ3v) is 4.86. The molecule has 3 rings (SSSR count). The predicted molar refractivity (Wildman–Crippen MR) is 94.3 cm³/mol. The van der Waals surface area contributed by atoms with E-state index in [1.54, 1.807) is 6.92 Å². The van der Waals surface area contributed by atoms with Gasteiger partial charge in [0, 0.05) is 17.8 Å². The second-order valence-corrected chi connectivity index (χ2v) is 7.07. The van der Waals surface area contributed by atoms with Crippen molar-refractivity contribution in [3.8, 4) is 0 Å². The quantitative estimate of drug-likeness (QED) is 0.359. The van der Waals surface area contributed by atoms with Crippen LogP contribution in [-0.4, -0.2) is 21.9 Å². The monoisotopic (exact) mass is 473 g/mol. The largest absolute Gasteiger partial charge is 0.449 e. The van der Waals surface area contributed by atoms with E-state index in [2.05, 4.69) is 4.98 Å². The van der Waals surface area contributed by atoms with Crippen molar-refractivity contribution in [1.29, 1.82) is 0 Å². The van der Waals surface area contributed by atoms with Gasteiger partial charge < -0.3 is 10.3 Å². The van der Waals surface area contributed by atoms with E-state index in [0.717, 1.165) is 0 Å². The van der Waals surface area contributed by atoms with E-state index >= 15 is 0 Å². The zero-order valence-corrected chi connectivity index (χ0v) is 15.9. The topological polar surface area (TPSA) is 43.8 Å². The normalized spacial score (nSPS) is 13.7. The van der Waals surface area contributed by atoms with Gasteiger partial charge in [-0.05, 0) is 36.2 Å². The van der Waals surface area contributed by atoms with Crippen molar-refractivity contribution in [1.82, 2.24) is 9.55 Å². The zero-order valence-electron chi connectivity index (χ0n) is 15.9. The number of alkyl halides is 10. The standard InChI is InChI=1S/C19H13F10N3/c1-9-6-10(2-4-12(9)30)8-32-14-7-11(16(20,18(24,25)26)19(27,28)29)3-5-13(14)31-15(32)17(21,22)23/h2-7H,8,30H2,1H3. The van der Waals surface area contributed by atoms with Crippen molar-refractivity contribution in [3.63, 3.8) is 0 Å². The number of aromatic nitrogens is 2. The molecule has 0 aliphatic rings. The molecule has 0 fully saturated rings.